The van der Waals surface area contributed by atoms with Crippen LogP contribution in [-0.2, 0) is 6.54 Å². The lowest BCUT2D eigenvalue weighted by Gasteiger charge is -2.04. The fraction of sp³-hybridized carbons (Fsp3) is 0.667. The number of ether oxygens (including phenoxy) is 1. The largest absolute Gasteiger partial charge is 0.496 e. The standard InChI is InChI=1S/C12H19NOS/c1-3-4-9-7-10(9)13-8-12-11(14-2)5-6-15-12/h5-6,9-10,13H,3-4,7-8H2,1-2H3. The smallest absolute Gasteiger partial charge is 0.134 e. The summed E-state index contributed by atoms with van der Waals surface area (Å²) >= 11 is 1.77. The van der Waals surface area contributed by atoms with Crippen LogP contribution in [0.15, 0.2) is 11.4 Å². The zero-order valence-electron chi connectivity index (χ0n) is 9.45. The van der Waals surface area contributed by atoms with E-state index in [4.69, 9.17) is 4.74 Å². The van der Waals surface area contributed by atoms with Crippen molar-refractivity contribution in [2.24, 2.45) is 5.92 Å². The van der Waals surface area contributed by atoms with E-state index >= 15 is 0 Å². The second kappa shape index (κ2) is 4.99. The molecule has 0 amide bonds. The molecule has 0 spiro atoms. The van der Waals surface area contributed by atoms with Crippen LogP contribution in [-0.4, -0.2) is 13.2 Å². The van der Waals surface area contributed by atoms with Gasteiger partial charge in [0.25, 0.3) is 0 Å². The summed E-state index contributed by atoms with van der Waals surface area (Å²) in [5.74, 6) is 1.96. The Morgan fingerprint density at radius 1 is 1.60 bits per heavy atom. The average Bonchev–Trinajstić information content (AvgIpc) is 2.82. The van der Waals surface area contributed by atoms with Gasteiger partial charge in [0.15, 0.2) is 0 Å². The number of hydrogen-bond donors (Lipinski definition) is 1. The zero-order valence-corrected chi connectivity index (χ0v) is 10.3. The molecule has 0 bridgehead atoms. The molecule has 2 unspecified atom stereocenters. The monoisotopic (exact) mass is 225 g/mol. The number of thiophene rings is 1. The van der Waals surface area contributed by atoms with Gasteiger partial charge in [-0.1, -0.05) is 13.3 Å². The molecule has 0 aliphatic heterocycles. The van der Waals surface area contributed by atoms with E-state index in [1.165, 1.54) is 24.1 Å². The molecule has 1 aliphatic carbocycles. The van der Waals surface area contributed by atoms with Gasteiger partial charge in [-0.3, -0.25) is 0 Å². The van der Waals surface area contributed by atoms with Gasteiger partial charge in [0, 0.05) is 12.6 Å². The van der Waals surface area contributed by atoms with Crippen LogP contribution in [0.25, 0.3) is 0 Å². The summed E-state index contributed by atoms with van der Waals surface area (Å²) in [6.45, 7) is 3.23. The third-order valence-corrected chi connectivity index (χ3v) is 3.93. The molecular weight excluding hydrogens is 206 g/mol. The summed E-state index contributed by atoms with van der Waals surface area (Å²) < 4.78 is 5.28. The van der Waals surface area contributed by atoms with E-state index in [1.807, 2.05) is 6.07 Å². The highest BCUT2D eigenvalue weighted by Crippen LogP contribution is 2.35. The Kier molecular flexibility index (Phi) is 3.65. The quantitative estimate of drug-likeness (QED) is 0.803. The van der Waals surface area contributed by atoms with Crippen molar-refractivity contribution in [3.05, 3.63) is 16.3 Å². The molecule has 3 heteroatoms. The molecule has 0 saturated heterocycles. The summed E-state index contributed by atoms with van der Waals surface area (Å²) in [4.78, 5) is 1.32. The first-order chi connectivity index (χ1) is 7.35. The van der Waals surface area contributed by atoms with Crippen molar-refractivity contribution in [2.75, 3.05) is 7.11 Å². The van der Waals surface area contributed by atoms with E-state index in [-0.39, 0.29) is 0 Å². The maximum Gasteiger partial charge on any atom is 0.134 e. The zero-order chi connectivity index (χ0) is 10.7. The molecule has 1 N–H and O–H groups in total. The molecular formula is C12H19NOS. The van der Waals surface area contributed by atoms with Gasteiger partial charge in [-0.05, 0) is 30.2 Å². The molecule has 2 atom stereocenters. The lowest BCUT2D eigenvalue weighted by molar-refractivity contribution is 0.410. The second-order valence-corrected chi connectivity index (χ2v) is 5.18. The highest BCUT2D eigenvalue weighted by molar-refractivity contribution is 7.10. The van der Waals surface area contributed by atoms with E-state index in [0.717, 1.165) is 24.3 Å². The van der Waals surface area contributed by atoms with Crippen LogP contribution >= 0.6 is 11.3 Å². The Morgan fingerprint density at radius 2 is 2.47 bits per heavy atom. The molecule has 1 aromatic heterocycles. The van der Waals surface area contributed by atoms with Gasteiger partial charge in [0.2, 0.25) is 0 Å². The van der Waals surface area contributed by atoms with Crippen LogP contribution in [0.3, 0.4) is 0 Å². The van der Waals surface area contributed by atoms with Crippen molar-refractivity contribution in [1.29, 1.82) is 0 Å². The topological polar surface area (TPSA) is 21.3 Å². The third kappa shape index (κ3) is 2.73. The fourth-order valence-electron chi connectivity index (χ4n) is 2.05. The number of hydrogen-bond acceptors (Lipinski definition) is 3. The van der Waals surface area contributed by atoms with Crippen LogP contribution in [0.5, 0.6) is 5.75 Å². The van der Waals surface area contributed by atoms with E-state index in [9.17, 15) is 0 Å². The predicted molar refractivity (Wildman–Crippen MR) is 64.5 cm³/mol. The van der Waals surface area contributed by atoms with Crippen LogP contribution in [0, 0.1) is 5.92 Å². The summed E-state index contributed by atoms with van der Waals surface area (Å²) in [7, 11) is 1.74. The normalized spacial score (nSPS) is 24.1. The molecule has 84 valence electrons. The van der Waals surface area contributed by atoms with Gasteiger partial charge in [-0.25, -0.2) is 0 Å². The summed E-state index contributed by atoms with van der Waals surface area (Å²) in [6.07, 6.45) is 4.05. The Hall–Kier alpha value is -0.540. The molecule has 2 nitrogen and oxygen atoms in total. The van der Waals surface area contributed by atoms with Gasteiger partial charge < -0.3 is 10.1 Å². The SMILES string of the molecule is CCCC1CC1NCc1sccc1OC. The molecule has 1 saturated carbocycles. The molecule has 1 aromatic rings. The summed E-state index contributed by atoms with van der Waals surface area (Å²) in [6, 6.07) is 2.80. The Labute approximate surface area is 95.6 Å². The lowest BCUT2D eigenvalue weighted by Crippen LogP contribution is -2.17. The highest BCUT2D eigenvalue weighted by atomic mass is 32.1. The minimum atomic E-state index is 0.761. The van der Waals surface area contributed by atoms with Crippen molar-refractivity contribution in [3.63, 3.8) is 0 Å². The summed E-state index contributed by atoms with van der Waals surface area (Å²) in [5, 5.41) is 5.69. The van der Waals surface area contributed by atoms with E-state index in [0.29, 0.717) is 0 Å². The van der Waals surface area contributed by atoms with Crippen LogP contribution < -0.4 is 10.1 Å². The molecule has 2 rings (SSSR count). The highest BCUT2D eigenvalue weighted by Gasteiger charge is 2.35. The molecule has 15 heavy (non-hydrogen) atoms. The molecule has 0 aromatic carbocycles. The van der Waals surface area contributed by atoms with Gasteiger partial charge in [0.1, 0.15) is 5.75 Å². The fourth-order valence-corrected chi connectivity index (χ4v) is 2.84. The lowest BCUT2D eigenvalue weighted by atomic mass is 10.2. The van der Waals surface area contributed by atoms with Crippen molar-refractivity contribution in [2.45, 2.75) is 38.8 Å². The maximum atomic E-state index is 5.28. The van der Waals surface area contributed by atoms with Crippen LogP contribution in [0.4, 0.5) is 0 Å². The molecule has 0 radical (unpaired) electrons. The number of nitrogens with one attached hydrogen (secondary N) is 1. The predicted octanol–water partition coefficient (Wildman–Crippen LogP) is 3.03. The van der Waals surface area contributed by atoms with Crippen molar-refractivity contribution in [3.8, 4) is 5.75 Å². The maximum absolute atomic E-state index is 5.28. The minimum absolute atomic E-state index is 0.761. The van der Waals surface area contributed by atoms with E-state index in [2.05, 4.69) is 17.6 Å². The number of rotatable bonds is 6. The van der Waals surface area contributed by atoms with E-state index in [1.54, 1.807) is 18.4 Å². The van der Waals surface area contributed by atoms with Gasteiger partial charge in [0.05, 0.1) is 12.0 Å². The van der Waals surface area contributed by atoms with Crippen molar-refractivity contribution in [1.82, 2.24) is 5.32 Å². The van der Waals surface area contributed by atoms with Gasteiger partial charge >= 0.3 is 0 Å². The van der Waals surface area contributed by atoms with E-state index < -0.39 is 0 Å². The van der Waals surface area contributed by atoms with Crippen LogP contribution in [0.2, 0.25) is 0 Å². The number of methoxy groups -OCH3 is 1. The first-order valence-corrected chi connectivity index (χ1v) is 6.56. The Balaban J connectivity index is 1.75. The van der Waals surface area contributed by atoms with Crippen molar-refractivity contribution >= 4 is 11.3 Å². The van der Waals surface area contributed by atoms with Gasteiger partial charge in [-0.2, -0.15) is 0 Å². The molecule has 1 aliphatic rings. The van der Waals surface area contributed by atoms with Gasteiger partial charge in [-0.15, -0.1) is 11.3 Å². The second-order valence-electron chi connectivity index (χ2n) is 4.18. The molecule has 1 fully saturated rings. The molecule has 1 heterocycles. The first-order valence-electron chi connectivity index (χ1n) is 5.69. The van der Waals surface area contributed by atoms with Crippen molar-refractivity contribution < 1.29 is 4.74 Å². The average molecular weight is 225 g/mol. The summed E-state index contributed by atoms with van der Waals surface area (Å²) in [5.41, 5.74) is 0. The first kappa shape index (κ1) is 11.0. The third-order valence-electron chi connectivity index (χ3n) is 3.03. The Bertz CT molecular complexity index is 310. The van der Waals surface area contributed by atoms with Crippen LogP contribution in [0.1, 0.15) is 31.1 Å². The minimum Gasteiger partial charge on any atom is -0.496 e. The Morgan fingerprint density at radius 3 is 3.20 bits per heavy atom.